The van der Waals surface area contributed by atoms with Crippen molar-refractivity contribution in [3.8, 4) is 0 Å². The smallest absolute Gasteiger partial charge is 0.338 e. The standard InChI is InChI=1S/C18H21NO4/c1-2-3-9-23-18(22)11-7-8-15-14(10-11)12-5-4-6-13(12)16(19-15)17(20)21/h4-5,7-8,10,12-13,16,19H,2-3,6,9H2,1H3,(H,20,21)/t12-,13-,16+/m1/s1. The van der Waals surface area contributed by atoms with Gasteiger partial charge in [0.25, 0.3) is 0 Å². The summed E-state index contributed by atoms with van der Waals surface area (Å²) in [6, 6.07) is 4.72. The zero-order chi connectivity index (χ0) is 16.4. The van der Waals surface area contributed by atoms with Gasteiger partial charge in [-0.2, -0.15) is 0 Å². The minimum absolute atomic E-state index is 0.00800. The van der Waals surface area contributed by atoms with Crippen LogP contribution in [0.1, 0.15) is 48.0 Å². The fourth-order valence-corrected chi connectivity index (χ4v) is 3.36. The highest BCUT2D eigenvalue weighted by Gasteiger charge is 2.40. The lowest BCUT2D eigenvalue weighted by Crippen LogP contribution is -2.41. The molecule has 0 bridgehead atoms. The highest BCUT2D eigenvalue weighted by Crippen LogP contribution is 2.44. The third kappa shape index (κ3) is 2.96. The quantitative estimate of drug-likeness (QED) is 0.496. The van der Waals surface area contributed by atoms with E-state index >= 15 is 0 Å². The second-order valence-electron chi connectivity index (χ2n) is 6.11. The maximum Gasteiger partial charge on any atom is 0.338 e. The number of carbonyl (C=O) groups excluding carboxylic acids is 1. The summed E-state index contributed by atoms with van der Waals surface area (Å²) in [7, 11) is 0. The molecular formula is C18H21NO4. The molecule has 0 unspecified atom stereocenters. The Hall–Kier alpha value is -2.30. The Morgan fingerprint density at radius 2 is 2.22 bits per heavy atom. The van der Waals surface area contributed by atoms with Gasteiger partial charge in [-0.15, -0.1) is 0 Å². The van der Waals surface area contributed by atoms with Gasteiger partial charge in [-0.1, -0.05) is 25.5 Å². The van der Waals surface area contributed by atoms with Crippen molar-refractivity contribution < 1.29 is 19.4 Å². The van der Waals surface area contributed by atoms with Crippen LogP contribution in [0.5, 0.6) is 0 Å². The summed E-state index contributed by atoms with van der Waals surface area (Å²) >= 11 is 0. The van der Waals surface area contributed by atoms with E-state index in [1.807, 2.05) is 25.1 Å². The summed E-state index contributed by atoms with van der Waals surface area (Å²) in [5, 5.41) is 12.5. The van der Waals surface area contributed by atoms with E-state index in [1.165, 1.54) is 0 Å². The molecule has 0 spiro atoms. The lowest BCUT2D eigenvalue weighted by atomic mass is 9.79. The molecule has 0 fully saturated rings. The van der Waals surface area contributed by atoms with E-state index < -0.39 is 12.0 Å². The van der Waals surface area contributed by atoms with Crippen LogP contribution in [0.15, 0.2) is 30.4 Å². The van der Waals surface area contributed by atoms with E-state index in [0.29, 0.717) is 12.2 Å². The van der Waals surface area contributed by atoms with Gasteiger partial charge < -0.3 is 15.2 Å². The maximum atomic E-state index is 12.1. The van der Waals surface area contributed by atoms with Crippen LogP contribution in [-0.4, -0.2) is 29.7 Å². The van der Waals surface area contributed by atoms with Crippen molar-refractivity contribution in [3.63, 3.8) is 0 Å². The number of ether oxygens (including phenoxy) is 1. The van der Waals surface area contributed by atoms with Crippen LogP contribution >= 0.6 is 0 Å². The number of carboxylic acid groups (broad SMARTS) is 1. The van der Waals surface area contributed by atoms with Gasteiger partial charge in [0.15, 0.2) is 0 Å². The number of nitrogens with one attached hydrogen (secondary N) is 1. The molecule has 122 valence electrons. The van der Waals surface area contributed by atoms with Crippen LogP contribution < -0.4 is 5.32 Å². The lowest BCUT2D eigenvalue weighted by molar-refractivity contribution is -0.139. The largest absolute Gasteiger partial charge is 0.480 e. The van der Waals surface area contributed by atoms with E-state index in [4.69, 9.17) is 4.74 Å². The SMILES string of the molecule is CCCCOC(=O)c1ccc2c(c1)[C@@H]1C=CC[C@H]1[C@@H](C(=O)O)N2. The van der Waals surface area contributed by atoms with Crippen molar-refractivity contribution in [2.45, 2.75) is 38.1 Å². The van der Waals surface area contributed by atoms with E-state index in [0.717, 1.165) is 30.5 Å². The number of anilines is 1. The molecule has 1 aliphatic carbocycles. The lowest BCUT2D eigenvalue weighted by Gasteiger charge is -2.34. The van der Waals surface area contributed by atoms with Gasteiger partial charge >= 0.3 is 11.9 Å². The molecule has 1 heterocycles. The second kappa shape index (κ2) is 6.44. The number of allylic oxidation sites excluding steroid dienone is 2. The number of fused-ring (bicyclic) bond motifs is 3. The first-order chi connectivity index (χ1) is 11.1. The normalized spacial score (nSPS) is 24.5. The third-order valence-corrected chi connectivity index (χ3v) is 4.60. The summed E-state index contributed by atoms with van der Waals surface area (Å²) < 4.78 is 5.26. The molecule has 1 aromatic rings. The molecular weight excluding hydrogens is 294 g/mol. The number of unbranched alkanes of at least 4 members (excludes halogenated alkanes) is 1. The monoisotopic (exact) mass is 315 g/mol. The Bertz CT molecular complexity index is 652. The Labute approximate surface area is 135 Å². The molecule has 5 heteroatoms. The summed E-state index contributed by atoms with van der Waals surface area (Å²) in [6.45, 7) is 2.47. The number of hydrogen-bond donors (Lipinski definition) is 2. The molecule has 2 aliphatic rings. The predicted molar refractivity (Wildman–Crippen MR) is 86.7 cm³/mol. The molecule has 3 rings (SSSR count). The second-order valence-corrected chi connectivity index (χ2v) is 6.11. The molecule has 2 N–H and O–H groups in total. The fourth-order valence-electron chi connectivity index (χ4n) is 3.36. The van der Waals surface area contributed by atoms with E-state index in [2.05, 4.69) is 5.32 Å². The highest BCUT2D eigenvalue weighted by molar-refractivity contribution is 5.91. The van der Waals surface area contributed by atoms with Gasteiger partial charge in [0, 0.05) is 17.5 Å². The van der Waals surface area contributed by atoms with Crippen LogP contribution in [0.3, 0.4) is 0 Å². The van der Waals surface area contributed by atoms with E-state index in [1.54, 1.807) is 12.1 Å². The van der Waals surface area contributed by atoms with Crippen LogP contribution in [0, 0.1) is 5.92 Å². The number of benzene rings is 1. The van der Waals surface area contributed by atoms with E-state index in [-0.39, 0.29) is 17.8 Å². The summed E-state index contributed by atoms with van der Waals surface area (Å²) in [4.78, 5) is 23.6. The molecule has 0 saturated heterocycles. The molecule has 23 heavy (non-hydrogen) atoms. The van der Waals surface area contributed by atoms with Crippen LogP contribution in [0.2, 0.25) is 0 Å². The summed E-state index contributed by atoms with van der Waals surface area (Å²) in [5.74, 6) is -1.13. The Morgan fingerprint density at radius 1 is 1.39 bits per heavy atom. The number of carboxylic acids is 1. The van der Waals surface area contributed by atoms with Gasteiger partial charge in [0.1, 0.15) is 6.04 Å². The van der Waals surface area contributed by atoms with Crippen molar-refractivity contribution in [1.82, 2.24) is 0 Å². The predicted octanol–water partition coefficient (Wildman–Crippen LogP) is 3.18. The molecule has 1 aromatic carbocycles. The van der Waals surface area contributed by atoms with Gasteiger partial charge in [-0.3, -0.25) is 0 Å². The van der Waals surface area contributed by atoms with Crippen molar-refractivity contribution in [2.24, 2.45) is 5.92 Å². The van der Waals surface area contributed by atoms with Gasteiger partial charge in [-0.05, 0) is 36.6 Å². The van der Waals surface area contributed by atoms with Crippen LogP contribution in [0.4, 0.5) is 5.69 Å². The average Bonchev–Trinajstić information content (AvgIpc) is 3.03. The minimum atomic E-state index is -0.836. The summed E-state index contributed by atoms with van der Waals surface area (Å²) in [6.07, 6.45) is 6.64. The third-order valence-electron chi connectivity index (χ3n) is 4.60. The topological polar surface area (TPSA) is 75.6 Å². The van der Waals surface area contributed by atoms with Gasteiger partial charge in [0.2, 0.25) is 0 Å². The molecule has 0 aromatic heterocycles. The van der Waals surface area contributed by atoms with E-state index in [9.17, 15) is 14.7 Å². The minimum Gasteiger partial charge on any atom is -0.480 e. The van der Waals surface area contributed by atoms with Crippen molar-refractivity contribution in [2.75, 3.05) is 11.9 Å². The highest BCUT2D eigenvalue weighted by atomic mass is 16.5. The van der Waals surface area contributed by atoms with Gasteiger partial charge in [-0.25, -0.2) is 9.59 Å². The Kier molecular flexibility index (Phi) is 4.37. The molecule has 0 radical (unpaired) electrons. The molecule has 5 nitrogen and oxygen atoms in total. The average molecular weight is 315 g/mol. The molecule has 0 saturated carbocycles. The molecule has 3 atom stereocenters. The zero-order valence-electron chi connectivity index (χ0n) is 13.1. The molecule has 1 aliphatic heterocycles. The maximum absolute atomic E-state index is 12.1. The summed E-state index contributed by atoms with van der Waals surface area (Å²) in [5.41, 5.74) is 2.29. The fraction of sp³-hybridized carbons (Fsp3) is 0.444. The first kappa shape index (κ1) is 15.6. The van der Waals surface area contributed by atoms with Crippen molar-refractivity contribution >= 4 is 17.6 Å². The number of carbonyl (C=O) groups is 2. The van der Waals surface area contributed by atoms with Crippen LogP contribution in [0.25, 0.3) is 0 Å². The number of rotatable bonds is 5. The molecule has 0 amide bonds. The Morgan fingerprint density at radius 3 is 2.96 bits per heavy atom. The number of aliphatic carboxylic acids is 1. The van der Waals surface area contributed by atoms with Crippen molar-refractivity contribution in [1.29, 1.82) is 0 Å². The Balaban J connectivity index is 1.85. The van der Waals surface area contributed by atoms with Crippen molar-refractivity contribution in [3.05, 3.63) is 41.5 Å². The first-order valence-corrected chi connectivity index (χ1v) is 8.09. The van der Waals surface area contributed by atoms with Gasteiger partial charge in [0.05, 0.1) is 12.2 Å². The zero-order valence-corrected chi connectivity index (χ0v) is 13.1. The first-order valence-electron chi connectivity index (χ1n) is 8.09. The number of hydrogen-bond acceptors (Lipinski definition) is 4. The van der Waals surface area contributed by atoms with Crippen LogP contribution in [-0.2, 0) is 9.53 Å². The number of esters is 1.